The Balaban J connectivity index is 1.24. The van der Waals surface area contributed by atoms with Gasteiger partial charge in [0.1, 0.15) is 0 Å². The summed E-state index contributed by atoms with van der Waals surface area (Å²) in [6, 6.07) is 8.55. The standard InChI is InChI=1S/C24H34N6O2S/c1-3-28(20-10-4-8-18(2)16-20)14-7-12-25-22(32)19-9-5-13-29(17-19)23-26-27-24(33-23)30-15-6-11-21(30)31/h4,8,10,16,19H,3,5-7,9,11-15,17H2,1-2H3,(H,25,32)/t19-/m1/s1. The second-order valence-electron chi connectivity index (χ2n) is 8.86. The highest BCUT2D eigenvalue weighted by atomic mass is 32.1. The number of hydrogen-bond acceptors (Lipinski definition) is 7. The van der Waals surface area contributed by atoms with Crippen LogP contribution in [0.4, 0.5) is 16.0 Å². The van der Waals surface area contributed by atoms with Crippen molar-refractivity contribution in [3.63, 3.8) is 0 Å². The number of amides is 2. The summed E-state index contributed by atoms with van der Waals surface area (Å²) in [7, 11) is 0. The highest BCUT2D eigenvalue weighted by Gasteiger charge is 2.30. The predicted octanol–water partition coefficient (Wildman–Crippen LogP) is 3.22. The summed E-state index contributed by atoms with van der Waals surface area (Å²) >= 11 is 1.45. The summed E-state index contributed by atoms with van der Waals surface area (Å²) in [6.45, 7) is 9.06. The molecule has 2 aromatic rings. The van der Waals surface area contributed by atoms with Crippen LogP contribution in [0.3, 0.4) is 0 Å². The average molecular weight is 471 g/mol. The second kappa shape index (κ2) is 11.0. The topological polar surface area (TPSA) is 81.7 Å². The van der Waals surface area contributed by atoms with Crippen molar-refractivity contribution in [3.8, 4) is 0 Å². The number of carbonyl (C=O) groups excluding carboxylic acids is 2. The molecule has 0 radical (unpaired) electrons. The molecule has 1 aromatic heterocycles. The number of anilines is 3. The van der Waals surface area contributed by atoms with Crippen LogP contribution in [0.25, 0.3) is 0 Å². The highest BCUT2D eigenvalue weighted by molar-refractivity contribution is 7.19. The Kier molecular flexibility index (Phi) is 7.80. The van der Waals surface area contributed by atoms with E-state index in [-0.39, 0.29) is 17.7 Å². The largest absolute Gasteiger partial charge is 0.372 e. The molecule has 2 saturated heterocycles. The van der Waals surface area contributed by atoms with Gasteiger partial charge in [0.05, 0.1) is 5.92 Å². The maximum Gasteiger partial charge on any atom is 0.228 e. The number of hydrogen-bond donors (Lipinski definition) is 1. The van der Waals surface area contributed by atoms with Crippen molar-refractivity contribution in [1.82, 2.24) is 15.5 Å². The molecule has 2 fully saturated rings. The third-order valence-corrected chi connectivity index (χ3v) is 7.43. The van der Waals surface area contributed by atoms with E-state index >= 15 is 0 Å². The molecule has 0 spiro atoms. The molecular weight excluding hydrogens is 436 g/mol. The number of rotatable bonds is 9. The molecule has 1 N–H and O–H groups in total. The van der Waals surface area contributed by atoms with Gasteiger partial charge in [0, 0.05) is 51.4 Å². The van der Waals surface area contributed by atoms with Gasteiger partial charge in [-0.1, -0.05) is 23.5 Å². The van der Waals surface area contributed by atoms with Gasteiger partial charge in [0.25, 0.3) is 0 Å². The monoisotopic (exact) mass is 470 g/mol. The fourth-order valence-electron chi connectivity index (χ4n) is 4.58. The van der Waals surface area contributed by atoms with Crippen LogP contribution in [0.1, 0.15) is 44.6 Å². The van der Waals surface area contributed by atoms with Crippen LogP contribution in [0.15, 0.2) is 24.3 Å². The molecule has 0 unspecified atom stereocenters. The molecule has 178 valence electrons. The molecule has 2 amide bonds. The number of aryl methyl sites for hydroxylation is 1. The van der Waals surface area contributed by atoms with E-state index in [0.717, 1.165) is 57.0 Å². The van der Waals surface area contributed by atoms with Crippen LogP contribution in [-0.4, -0.2) is 61.3 Å². The first-order valence-electron chi connectivity index (χ1n) is 12.0. The molecule has 0 saturated carbocycles. The van der Waals surface area contributed by atoms with E-state index in [4.69, 9.17) is 0 Å². The first kappa shape index (κ1) is 23.5. The molecule has 33 heavy (non-hydrogen) atoms. The van der Waals surface area contributed by atoms with Crippen molar-refractivity contribution >= 4 is 39.1 Å². The lowest BCUT2D eigenvalue weighted by Gasteiger charge is -2.31. The van der Waals surface area contributed by atoms with Crippen molar-refractivity contribution in [1.29, 1.82) is 0 Å². The van der Waals surface area contributed by atoms with E-state index < -0.39 is 0 Å². The smallest absolute Gasteiger partial charge is 0.228 e. The molecule has 1 atom stereocenters. The number of aromatic nitrogens is 2. The summed E-state index contributed by atoms with van der Waals surface area (Å²) in [5.74, 6) is 0.203. The third-order valence-electron chi connectivity index (χ3n) is 6.42. The van der Waals surface area contributed by atoms with Crippen LogP contribution < -0.4 is 20.0 Å². The minimum atomic E-state index is -0.0430. The molecule has 2 aliphatic heterocycles. The van der Waals surface area contributed by atoms with Crippen molar-refractivity contribution in [3.05, 3.63) is 29.8 Å². The van der Waals surface area contributed by atoms with Crippen LogP contribution in [-0.2, 0) is 9.59 Å². The van der Waals surface area contributed by atoms with Gasteiger partial charge in [0.15, 0.2) is 0 Å². The van der Waals surface area contributed by atoms with E-state index in [1.807, 2.05) is 0 Å². The minimum absolute atomic E-state index is 0.0430. The van der Waals surface area contributed by atoms with Crippen LogP contribution in [0.2, 0.25) is 0 Å². The fraction of sp³-hybridized carbons (Fsp3) is 0.583. The number of carbonyl (C=O) groups is 2. The Morgan fingerprint density at radius 3 is 2.85 bits per heavy atom. The molecule has 0 aliphatic carbocycles. The Morgan fingerprint density at radius 2 is 2.09 bits per heavy atom. The van der Waals surface area contributed by atoms with Gasteiger partial charge in [-0.2, -0.15) is 0 Å². The van der Waals surface area contributed by atoms with Crippen molar-refractivity contribution in [2.45, 2.75) is 46.0 Å². The molecule has 8 nitrogen and oxygen atoms in total. The van der Waals surface area contributed by atoms with Crippen LogP contribution in [0.5, 0.6) is 0 Å². The molecule has 4 rings (SSSR count). The Labute approximate surface area is 200 Å². The summed E-state index contributed by atoms with van der Waals surface area (Å²) < 4.78 is 0. The van der Waals surface area contributed by atoms with Crippen molar-refractivity contribution < 1.29 is 9.59 Å². The molecular formula is C24H34N6O2S. The summed E-state index contributed by atoms with van der Waals surface area (Å²) in [5.41, 5.74) is 2.49. The number of nitrogens with zero attached hydrogens (tertiary/aromatic N) is 5. The molecule has 2 aliphatic rings. The quantitative estimate of drug-likeness (QED) is 0.567. The zero-order valence-electron chi connectivity index (χ0n) is 19.6. The first-order chi connectivity index (χ1) is 16.0. The number of piperidine rings is 1. The van der Waals surface area contributed by atoms with E-state index in [0.29, 0.717) is 24.6 Å². The normalized spacial score (nSPS) is 18.6. The Hall–Kier alpha value is -2.68. The summed E-state index contributed by atoms with van der Waals surface area (Å²) in [6.07, 6.45) is 4.21. The Bertz CT molecular complexity index is 964. The zero-order chi connectivity index (χ0) is 23.2. The van der Waals surface area contributed by atoms with E-state index in [1.165, 1.54) is 22.6 Å². The van der Waals surface area contributed by atoms with E-state index in [9.17, 15) is 9.59 Å². The SMILES string of the molecule is CCN(CCCNC(=O)[C@@H]1CCCN(c2nnc(N3CCCC3=O)s2)C1)c1cccc(C)c1. The van der Waals surface area contributed by atoms with E-state index in [1.54, 1.807) is 4.90 Å². The maximum absolute atomic E-state index is 12.8. The highest BCUT2D eigenvalue weighted by Crippen LogP contribution is 2.32. The first-order valence-corrected chi connectivity index (χ1v) is 12.8. The summed E-state index contributed by atoms with van der Waals surface area (Å²) in [4.78, 5) is 31.0. The molecule has 3 heterocycles. The van der Waals surface area contributed by atoms with Gasteiger partial charge >= 0.3 is 0 Å². The lowest BCUT2D eigenvalue weighted by Crippen LogP contribution is -2.43. The lowest BCUT2D eigenvalue weighted by molar-refractivity contribution is -0.125. The molecule has 9 heteroatoms. The average Bonchev–Trinajstić information content (AvgIpc) is 3.48. The van der Waals surface area contributed by atoms with Gasteiger partial charge in [-0.15, -0.1) is 10.2 Å². The minimum Gasteiger partial charge on any atom is -0.372 e. The lowest BCUT2D eigenvalue weighted by atomic mass is 9.97. The van der Waals surface area contributed by atoms with Gasteiger partial charge in [-0.25, -0.2) is 0 Å². The van der Waals surface area contributed by atoms with Gasteiger partial charge in [-0.05, 0) is 57.2 Å². The molecule has 1 aromatic carbocycles. The predicted molar refractivity (Wildman–Crippen MR) is 133 cm³/mol. The Morgan fingerprint density at radius 1 is 1.24 bits per heavy atom. The fourth-order valence-corrected chi connectivity index (χ4v) is 5.51. The van der Waals surface area contributed by atoms with Crippen molar-refractivity contribution in [2.24, 2.45) is 5.92 Å². The van der Waals surface area contributed by atoms with Crippen molar-refractivity contribution in [2.75, 3.05) is 54.0 Å². The second-order valence-corrected chi connectivity index (χ2v) is 9.80. The van der Waals surface area contributed by atoms with Gasteiger partial charge < -0.3 is 15.1 Å². The summed E-state index contributed by atoms with van der Waals surface area (Å²) in [5, 5.41) is 13.2. The number of nitrogens with one attached hydrogen (secondary N) is 1. The van der Waals surface area contributed by atoms with Crippen LogP contribution >= 0.6 is 11.3 Å². The maximum atomic E-state index is 12.8. The third kappa shape index (κ3) is 5.82. The number of benzene rings is 1. The van der Waals surface area contributed by atoms with Gasteiger partial charge in [0.2, 0.25) is 22.1 Å². The van der Waals surface area contributed by atoms with E-state index in [2.05, 4.69) is 63.4 Å². The van der Waals surface area contributed by atoms with Gasteiger partial charge in [-0.3, -0.25) is 14.5 Å². The van der Waals surface area contributed by atoms with Crippen LogP contribution in [0, 0.1) is 12.8 Å². The molecule has 0 bridgehead atoms. The zero-order valence-corrected chi connectivity index (χ0v) is 20.4.